The normalized spacial score (nSPS) is 30.1. The van der Waals surface area contributed by atoms with Crippen LogP contribution >= 0.6 is 0 Å². The van der Waals surface area contributed by atoms with Gasteiger partial charge in [0.05, 0.1) is 11.6 Å². The smallest absolute Gasteiger partial charge is 0.115 e. The van der Waals surface area contributed by atoms with Crippen molar-refractivity contribution in [2.45, 2.75) is 12.6 Å². The van der Waals surface area contributed by atoms with E-state index in [4.69, 9.17) is 5.26 Å². The molecule has 0 aromatic carbocycles. The monoisotopic (exact) mass is 150 g/mol. The maximum absolute atomic E-state index is 8.68. The molecule has 58 valence electrons. The van der Waals surface area contributed by atoms with Crippen LogP contribution in [-0.4, -0.2) is 24.3 Å². The van der Waals surface area contributed by atoms with E-state index in [9.17, 15) is 0 Å². The summed E-state index contributed by atoms with van der Waals surface area (Å²) in [4.78, 5) is 0. The first-order valence-corrected chi connectivity index (χ1v) is 3.78. The Morgan fingerprint density at radius 2 is 2.64 bits per heavy atom. The van der Waals surface area contributed by atoms with Gasteiger partial charge in [-0.25, -0.2) is 5.01 Å². The van der Waals surface area contributed by atoms with Gasteiger partial charge < -0.3 is 5.43 Å². The molecule has 0 spiro atoms. The Hall–Kier alpha value is -1.05. The lowest BCUT2D eigenvalue weighted by Gasteiger charge is -2.30. The van der Waals surface area contributed by atoms with Gasteiger partial charge in [-0.05, 0) is 13.0 Å². The molecule has 11 heavy (non-hydrogen) atoms. The van der Waals surface area contributed by atoms with E-state index < -0.39 is 0 Å². The van der Waals surface area contributed by atoms with Gasteiger partial charge in [0.15, 0.2) is 0 Å². The lowest BCUT2D eigenvalue weighted by molar-refractivity contribution is 0.139. The SMILES string of the molecule is N#CC1=CNN2CCCNC12. The topological polar surface area (TPSA) is 51.1 Å². The Morgan fingerprint density at radius 1 is 1.73 bits per heavy atom. The summed E-state index contributed by atoms with van der Waals surface area (Å²) in [5, 5.41) is 14.0. The molecule has 2 aliphatic heterocycles. The molecule has 0 radical (unpaired) electrons. The summed E-state index contributed by atoms with van der Waals surface area (Å²) < 4.78 is 0. The van der Waals surface area contributed by atoms with E-state index in [0.29, 0.717) is 0 Å². The van der Waals surface area contributed by atoms with Gasteiger partial charge in [0.1, 0.15) is 6.17 Å². The van der Waals surface area contributed by atoms with Crippen molar-refractivity contribution in [2.75, 3.05) is 13.1 Å². The minimum Gasteiger partial charge on any atom is -0.323 e. The summed E-state index contributed by atoms with van der Waals surface area (Å²) in [7, 11) is 0. The highest BCUT2D eigenvalue weighted by molar-refractivity contribution is 5.28. The molecule has 0 aromatic rings. The number of hydrazine groups is 1. The van der Waals surface area contributed by atoms with Crippen LogP contribution in [0.2, 0.25) is 0 Å². The van der Waals surface area contributed by atoms with Gasteiger partial charge in [0.2, 0.25) is 0 Å². The maximum atomic E-state index is 8.68. The predicted octanol–water partition coefficient (Wildman–Crippen LogP) is -0.467. The fourth-order valence-electron chi connectivity index (χ4n) is 1.47. The largest absolute Gasteiger partial charge is 0.323 e. The summed E-state index contributed by atoms with van der Waals surface area (Å²) in [6.45, 7) is 2.02. The average Bonchev–Trinajstić information content (AvgIpc) is 2.47. The summed E-state index contributed by atoms with van der Waals surface area (Å²) in [5.74, 6) is 0. The number of rotatable bonds is 0. The van der Waals surface area contributed by atoms with Crippen molar-refractivity contribution >= 4 is 0 Å². The quantitative estimate of drug-likeness (QED) is 0.490. The highest BCUT2D eigenvalue weighted by Gasteiger charge is 2.28. The summed E-state index contributed by atoms with van der Waals surface area (Å²) in [5.41, 5.74) is 3.83. The molecule has 1 unspecified atom stereocenters. The lowest BCUT2D eigenvalue weighted by atomic mass is 10.2. The van der Waals surface area contributed by atoms with Crippen molar-refractivity contribution in [2.24, 2.45) is 0 Å². The van der Waals surface area contributed by atoms with Crippen LogP contribution in [0.4, 0.5) is 0 Å². The predicted molar refractivity (Wildman–Crippen MR) is 39.9 cm³/mol. The molecule has 0 aliphatic carbocycles. The van der Waals surface area contributed by atoms with Crippen molar-refractivity contribution in [1.82, 2.24) is 15.8 Å². The second-order valence-electron chi connectivity index (χ2n) is 2.74. The van der Waals surface area contributed by atoms with Crippen LogP contribution in [0.1, 0.15) is 6.42 Å². The van der Waals surface area contributed by atoms with Gasteiger partial charge in [-0.3, -0.25) is 5.32 Å². The molecule has 4 heteroatoms. The van der Waals surface area contributed by atoms with Gasteiger partial charge in [0.25, 0.3) is 0 Å². The maximum Gasteiger partial charge on any atom is 0.115 e. The Balaban J connectivity index is 2.13. The Bertz CT molecular complexity index is 227. The van der Waals surface area contributed by atoms with E-state index >= 15 is 0 Å². The van der Waals surface area contributed by atoms with E-state index in [2.05, 4.69) is 16.8 Å². The standard InChI is InChI=1S/C7H10N4/c8-4-6-5-10-11-3-1-2-9-7(6)11/h5,7,9-10H,1-3H2. The zero-order valence-electron chi connectivity index (χ0n) is 6.17. The fourth-order valence-corrected chi connectivity index (χ4v) is 1.47. The highest BCUT2D eigenvalue weighted by atomic mass is 15.6. The first kappa shape index (κ1) is 6.65. The number of nitriles is 1. The average molecular weight is 150 g/mol. The van der Waals surface area contributed by atoms with Crippen LogP contribution in [0, 0.1) is 11.3 Å². The van der Waals surface area contributed by atoms with E-state index in [1.807, 2.05) is 5.01 Å². The molecule has 2 heterocycles. The number of nitrogens with one attached hydrogen (secondary N) is 2. The van der Waals surface area contributed by atoms with Gasteiger partial charge in [0, 0.05) is 12.7 Å². The van der Waals surface area contributed by atoms with Crippen LogP contribution in [0.25, 0.3) is 0 Å². The zero-order chi connectivity index (χ0) is 7.68. The van der Waals surface area contributed by atoms with Crippen molar-refractivity contribution in [3.05, 3.63) is 11.8 Å². The van der Waals surface area contributed by atoms with Crippen molar-refractivity contribution in [1.29, 1.82) is 5.26 Å². The van der Waals surface area contributed by atoms with Crippen LogP contribution < -0.4 is 10.7 Å². The third kappa shape index (κ3) is 0.985. The first-order valence-electron chi connectivity index (χ1n) is 3.78. The number of hydrogen-bond acceptors (Lipinski definition) is 4. The highest BCUT2D eigenvalue weighted by Crippen LogP contribution is 2.14. The molecule has 0 saturated carbocycles. The molecular weight excluding hydrogens is 140 g/mol. The summed E-state index contributed by atoms with van der Waals surface area (Å²) in [6.07, 6.45) is 3.02. The van der Waals surface area contributed by atoms with Gasteiger partial charge in [-0.1, -0.05) is 0 Å². The first-order chi connectivity index (χ1) is 5.42. The van der Waals surface area contributed by atoms with Crippen molar-refractivity contribution in [3.63, 3.8) is 0 Å². The summed E-state index contributed by atoms with van der Waals surface area (Å²) >= 11 is 0. The number of hydrogen-bond donors (Lipinski definition) is 2. The summed E-state index contributed by atoms with van der Waals surface area (Å²) in [6, 6.07) is 2.16. The third-order valence-electron chi connectivity index (χ3n) is 2.03. The van der Waals surface area contributed by atoms with Gasteiger partial charge >= 0.3 is 0 Å². The third-order valence-corrected chi connectivity index (χ3v) is 2.03. The number of fused-ring (bicyclic) bond motifs is 1. The van der Waals surface area contributed by atoms with E-state index in [-0.39, 0.29) is 6.17 Å². The van der Waals surface area contributed by atoms with Crippen molar-refractivity contribution in [3.8, 4) is 6.07 Å². The van der Waals surface area contributed by atoms with Gasteiger partial charge in [-0.15, -0.1) is 0 Å². The molecule has 1 atom stereocenters. The molecule has 2 N–H and O–H groups in total. The van der Waals surface area contributed by atoms with E-state index in [0.717, 1.165) is 25.1 Å². The molecule has 1 fully saturated rings. The van der Waals surface area contributed by atoms with Crippen LogP contribution in [-0.2, 0) is 0 Å². The molecular formula is C7H10N4. The Kier molecular flexibility index (Phi) is 1.53. The Labute approximate surface area is 65.4 Å². The van der Waals surface area contributed by atoms with Crippen molar-refractivity contribution < 1.29 is 0 Å². The molecule has 2 rings (SSSR count). The van der Waals surface area contributed by atoms with Crippen LogP contribution in [0.3, 0.4) is 0 Å². The number of nitrogens with zero attached hydrogens (tertiary/aromatic N) is 2. The molecule has 0 amide bonds. The lowest BCUT2D eigenvalue weighted by Crippen LogP contribution is -2.52. The molecule has 4 nitrogen and oxygen atoms in total. The van der Waals surface area contributed by atoms with E-state index in [1.165, 1.54) is 0 Å². The fraction of sp³-hybridized carbons (Fsp3) is 0.571. The molecule has 1 saturated heterocycles. The molecule has 2 aliphatic rings. The van der Waals surface area contributed by atoms with Gasteiger partial charge in [-0.2, -0.15) is 5.26 Å². The van der Waals surface area contributed by atoms with Crippen LogP contribution in [0.5, 0.6) is 0 Å². The molecule has 0 bridgehead atoms. The molecule has 0 aromatic heterocycles. The second-order valence-corrected chi connectivity index (χ2v) is 2.74. The second kappa shape index (κ2) is 2.53. The Morgan fingerprint density at radius 3 is 3.45 bits per heavy atom. The van der Waals surface area contributed by atoms with E-state index in [1.54, 1.807) is 6.20 Å². The minimum atomic E-state index is 0.119. The zero-order valence-corrected chi connectivity index (χ0v) is 6.17. The van der Waals surface area contributed by atoms with Crippen LogP contribution in [0.15, 0.2) is 11.8 Å². The minimum absolute atomic E-state index is 0.119.